The highest BCUT2D eigenvalue weighted by Crippen LogP contribution is 2.15. The smallest absolute Gasteiger partial charge is 0.103 e. The lowest BCUT2D eigenvalue weighted by molar-refractivity contribution is 0.183. The van der Waals surface area contributed by atoms with E-state index in [0.717, 1.165) is 13.0 Å². The molecule has 0 spiro atoms. The second-order valence-corrected chi connectivity index (χ2v) is 4.79. The predicted molar refractivity (Wildman–Crippen MR) is 75.2 cm³/mol. The minimum Gasteiger partial charge on any atom is -0.316 e. The van der Waals surface area contributed by atoms with E-state index in [0.29, 0.717) is 6.17 Å². The maximum absolute atomic E-state index is 5.91. The Morgan fingerprint density at radius 3 is 2.76 bits per heavy atom. The van der Waals surface area contributed by atoms with Crippen molar-refractivity contribution in [3.8, 4) is 0 Å². The van der Waals surface area contributed by atoms with E-state index in [-0.39, 0.29) is 6.17 Å². The normalized spacial score (nSPS) is 22.6. The van der Waals surface area contributed by atoms with Crippen molar-refractivity contribution in [2.75, 3.05) is 6.54 Å². The van der Waals surface area contributed by atoms with Gasteiger partial charge in [0.2, 0.25) is 0 Å². The van der Waals surface area contributed by atoms with Gasteiger partial charge in [0.25, 0.3) is 0 Å². The average molecular weight is 237 g/mol. The van der Waals surface area contributed by atoms with Crippen LogP contribution in [0.5, 0.6) is 0 Å². The molecule has 1 aliphatic rings. The summed E-state index contributed by atoms with van der Waals surface area (Å²) in [6.45, 7) is 5.18. The van der Waals surface area contributed by atoms with Gasteiger partial charge in [-0.05, 0) is 32.6 Å². The zero-order chi connectivity index (χ0) is 12.5. The van der Waals surface area contributed by atoms with Crippen molar-refractivity contribution in [3.63, 3.8) is 0 Å². The van der Waals surface area contributed by atoms with Crippen molar-refractivity contribution in [2.24, 2.45) is 10.7 Å². The highest BCUT2D eigenvalue weighted by atomic mass is 15.3. The first-order chi connectivity index (χ1) is 8.25. The Hall–Kier alpha value is -0.670. The Labute approximate surface area is 106 Å². The van der Waals surface area contributed by atoms with Crippen LogP contribution in [0.3, 0.4) is 0 Å². The first-order valence-corrected chi connectivity index (χ1v) is 6.93. The maximum Gasteiger partial charge on any atom is 0.103 e. The fourth-order valence-corrected chi connectivity index (χ4v) is 2.12. The van der Waals surface area contributed by atoms with Crippen LogP contribution in [-0.2, 0) is 0 Å². The summed E-state index contributed by atoms with van der Waals surface area (Å²) >= 11 is 0. The summed E-state index contributed by atoms with van der Waals surface area (Å²) in [5.74, 6) is 0. The van der Waals surface area contributed by atoms with Crippen LogP contribution in [0.15, 0.2) is 17.1 Å². The Bertz CT molecular complexity index is 246. The Balaban J connectivity index is 2.10. The van der Waals surface area contributed by atoms with Gasteiger partial charge in [-0.25, -0.2) is 0 Å². The fourth-order valence-electron chi connectivity index (χ4n) is 2.12. The zero-order valence-corrected chi connectivity index (χ0v) is 11.3. The van der Waals surface area contributed by atoms with Crippen LogP contribution in [-0.4, -0.2) is 30.0 Å². The lowest BCUT2D eigenvalue weighted by atomic mass is 10.1. The summed E-state index contributed by atoms with van der Waals surface area (Å²) < 4.78 is 0. The summed E-state index contributed by atoms with van der Waals surface area (Å²) in [7, 11) is 0. The molecule has 1 aliphatic heterocycles. The summed E-state index contributed by atoms with van der Waals surface area (Å²) in [6.07, 6.45) is 14.4. The fraction of sp³-hybridized carbons (Fsp3) is 0.786. The van der Waals surface area contributed by atoms with Crippen LogP contribution >= 0.6 is 0 Å². The number of hydrogen-bond acceptors (Lipinski definition) is 3. The van der Waals surface area contributed by atoms with Crippen LogP contribution in [0.4, 0.5) is 0 Å². The molecule has 0 radical (unpaired) electrons. The molecule has 0 aliphatic carbocycles. The van der Waals surface area contributed by atoms with E-state index in [2.05, 4.69) is 29.0 Å². The standard InChI is InChI=1S/C14H27N3/c1-3-4-5-6-7-8-9-10-14-16-11-12-17(14)13(2)15/h6-7,11,13-14H,3-5,8-10,12,15H2,1-2H3/b7-6+. The molecule has 3 nitrogen and oxygen atoms in total. The number of nitrogens with zero attached hydrogens (tertiary/aromatic N) is 2. The number of allylic oxidation sites excluding steroid dienone is 2. The Morgan fingerprint density at radius 2 is 2.12 bits per heavy atom. The van der Waals surface area contributed by atoms with Crippen molar-refractivity contribution in [2.45, 2.75) is 64.7 Å². The molecular formula is C14H27N3. The summed E-state index contributed by atoms with van der Waals surface area (Å²) in [5.41, 5.74) is 5.91. The number of aliphatic imine (C=N–C) groups is 1. The molecule has 0 bridgehead atoms. The minimum atomic E-state index is 0.114. The highest BCUT2D eigenvalue weighted by Gasteiger charge is 2.22. The largest absolute Gasteiger partial charge is 0.316 e. The zero-order valence-electron chi connectivity index (χ0n) is 11.3. The molecule has 98 valence electrons. The van der Waals surface area contributed by atoms with Gasteiger partial charge in [-0.15, -0.1) is 0 Å². The van der Waals surface area contributed by atoms with E-state index >= 15 is 0 Å². The van der Waals surface area contributed by atoms with Crippen molar-refractivity contribution in [1.82, 2.24) is 4.90 Å². The molecule has 0 fully saturated rings. The van der Waals surface area contributed by atoms with E-state index in [1.807, 2.05) is 13.1 Å². The molecule has 1 heterocycles. The summed E-state index contributed by atoms with van der Waals surface area (Å²) in [6, 6.07) is 0. The van der Waals surface area contributed by atoms with Gasteiger partial charge in [-0.1, -0.05) is 31.9 Å². The second kappa shape index (κ2) is 8.43. The molecule has 17 heavy (non-hydrogen) atoms. The van der Waals surface area contributed by atoms with Gasteiger partial charge in [-0.3, -0.25) is 9.89 Å². The van der Waals surface area contributed by atoms with E-state index in [1.54, 1.807) is 0 Å². The number of hydrogen-bond donors (Lipinski definition) is 1. The highest BCUT2D eigenvalue weighted by molar-refractivity contribution is 5.62. The lowest BCUT2D eigenvalue weighted by Crippen LogP contribution is -2.43. The van der Waals surface area contributed by atoms with Gasteiger partial charge < -0.3 is 5.73 Å². The molecule has 2 atom stereocenters. The average Bonchev–Trinajstić information content (AvgIpc) is 2.76. The molecule has 2 N–H and O–H groups in total. The molecule has 0 aromatic carbocycles. The van der Waals surface area contributed by atoms with Crippen molar-refractivity contribution < 1.29 is 0 Å². The van der Waals surface area contributed by atoms with E-state index in [4.69, 9.17) is 5.73 Å². The van der Waals surface area contributed by atoms with Gasteiger partial charge >= 0.3 is 0 Å². The SMILES string of the molecule is CCCC/C=C/CCCC1N=CCN1C(C)N. The van der Waals surface area contributed by atoms with Crippen LogP contribution in [0.1, 0.15) is 52.4 Å². The van der Waals surface area contributed by atoms with Crippen molar-refractivity contribution >= 4 is 6.21 Å². The molecular weight excluding hydrogens is 210 g/mol. The van der Waals surface area contributed by atoms with Gasteiger partial charge in [0.15, 0.2) is 0 Å². The molecule has 2 unspecified atom stereocenters. The summed E-state index contributed by atoms with van der Waals surface area (Å²) in [5, 5.41) is 0. The topological polar surface area (TPSA) is 41.6 Å². The monoisotopic (exact) mass is 237 g/mol. The number of nitrogens with two attached hydrogens (primary N) is 1. The van der Waals surface area contributed by atoms with Gasteiger partial charge in [-0.2, -0.15) is 0 Å². The third kappa shape index (κ3) is 5.46. The van der Waals surface area contributed by atoms with Crippen LogP contribution in [0.25, 0.3) is 0 Å². The first-order valence-electron chi connectivity index (χ1n) is 6.93. The van der Waals surface area contributed by atoms with Gasteiger partial charge in [0.05, 0.1) is 6.17 Å². The van der Waals surface area contributed by atoms with E-state index in [9.17, 15) is 0 Å². The van der Waals surface area contributed by atoms with Crippen molar-refractivity contribution in [3.05, 3.63) is 12.2 Å². The first kappa shape index (κ1) is 14.4. The maximum atomic E-state index is 5.91. The lowest BCUT2D eigenvalue weighted by Gasteiger charge is -2.26. The minimum absolute atomic E-state index is 0.114. The van der Waals surface area contributed by atoms with E-state index < -0.39 is 0 Å². The van der Waals surface area contributed by atoms with Gasteiger partial charge in [0, 0.05) is 12.8 Å². The predicted octanol–water partition coefficient (Wildman–Crippen LogP) is 2.92. The number of unbranched alkanes of at least 4 members (excludes halogenated alkanes) is 3. The van der Waals surface area contributed by atoms with E-state index in [1.165, 1.54) is 32.1 Å². The molecule has 0 aromatic heterocycles. The summed E-state index contributed by atoms with van der Waals surface area (Å²) in [4.78, 5) is 6.73. The molecule has 0 saturated carbocycles. The van der Waals surface area contributed by atoms with Crippen LogP contribution < -0.4 is 5.73 Å². The molecule has 0 aromatic rings. The quantitative estimate of drug-likeness (QED) is 0.521. The molecule has 3 heteroatoms. The van der Waals surface area contributed by atoms with Crippen molar-refractivity contribution in [1.29, 1.82) is 0 Å². The third-order valence-corrected chi connectivity index (χ3v) is 3.20. The Morgan fingerprint density at radius 1 is 1.41 bits per heavy atom. The number of rotatable bonds is 8. The second-order valence-electron chi connectivity index (χ2n) is 4.79. The third-order valence-electron chi connectivity index (χ3n) is 3.20. The Kier molecular flexibility index (Phi) is 7.13. The molecule has 1 rings (SSSR count). The van der Waals surface area contributed by atoms with Crippen LogP contribution in [0.2, 0.25) is 0 Å². The van der Waals surface area contributed by atoms with Gasteiger partial charge in [0.1, 0.15) is 6.17 Å². The van der Waals surface area contributed by atoms with Crippen LogP contribution in [0, 0.1) is 0 Å². The molecule has 0 amide bonds. The molecule has 0 saturated heterocycles.